The molecule has 0 saturated heterocycles. The third-order valence-corrected chi connectivity index (χ3v) is 4.26. The van der Waals surface area contributed by atoms with Crippen LogP contribution < -0.4 is 4.74 Å². The summed E-state index contributed by atoms with van der Waals surface area (Å²) in [6, 6.07) is 10.6. The predicted molar refractivity (Wildman–Crippen MR) is 89.7 cm³/mol. The third-order valence-electron chi connectivity index (χ3n) is 4.26. The molecule has 0 radical (unpaired) electrons. The second-order valence-corrected chi connectivity index (χ2v) is 6.35. The Balaban J connectivity index is 1.87. The van der Waals surface area contributed by atoms with Crippen LogP contribution in [-0.2, 0) is 11.3 Å². The molecule has 1 atom stereocenters. The first kappa shape index (κ1) is 16.3. The van der Waals surface area contributed by atoms with Gasteiger partial charge in [-0.3, -0.25) is 9.59 Å². The molecule has 3 rings (SSSR count). The number of hydrogen-bond donors (Lipinski definition) is 1. The zero-order valence-corrected chi connectivity index (χ0v) is 13.9. The fourth-order valence-corrected chi connectivity index (χ4v) is 3.19. The van der Waals surface area contributed by atoms with Crippen LogP contribution in [0.5, 0.6) is 5.75 Å². The topological polar surface area (TPSA) is 68.5 Å². The van der Waals surface area contributed by atoms with Crippen LogP contribution in [-0.4, -0.2) is 27.5 Å². The minimum Gasteiger partial charge on any atom is -0.491 e. The van der Waals surface area contributed by atoms with Crippen LogP contribution in [0.1, 0.15) is 54.4 Å². The van der Waals surface area contributed by atoms with Crippen molar-refractivity contribution in [2.45, 2.75) is 45.3 Å². The lowest BCUT2D eigenvalue weighted by atomic mass is 9.96. The number of fused-ring (bicyclic) bond motifs is 1. The van der Waals surface area contributed by atoms with Gasteiger partial charge in [-0.15, -0.1) is 0 Å². The molecule has 0 spiro atoms. The number of carbonyl (C=O) groups excluding carboxylic acids is 1. The standard InChI is InChI=1S/C19H21NO4/c1-12(2)24-14-7-5-13(6-8-14)18(21)17-10-9-16-15(19(22)23)4-3-11-20(16)17/h5-10,12,15H,3-4,11H2,1-2H3,(H,22,23). The fraction of sp³-hybridized carbons (Fsp3) is 0.368. The van der Waals surface area contributed by atoms with E-state index in [1.165, 1.54) is 0 Å². The van der Waals surface area contributed by atoms with Gasteiger partial charge in [0.05, 0.1) is 17.7 Å². The highest BCUT2D eigenvalue weighted by molar-refractivity contribution is 6.08. The number of benzene rings is 1. The minimum absolute atomic E-state index is 0.0807. The molecule has 0 fully saturated rings. The van der Waals surface area contributed by atoms with E-state index >= 15 is 0 Å². The lowest BCUT2D eigenvalue weighted by Gasteiger charge is -2.23. The number of ketones is 1. The molecule has 1 aliphatic heterocycles. The lowest BCUT2D eigenvalue weighted by molar-refractivity contribution is -0.139. The van der Waals surface area contributed by atoms with Crippen LogP contribution >= 0.6 is 0 Å². The van der Waals surface area contributed by atoms with Gasteiger partial charge in [-0.1, -0.05) is 0 Å². The Bertz CT molecular complexity index is 758. The second-order valence-electron chi connectivity index (χ2n) is 6.35. The average Bonchev–Trinajstić information content (AvgIpc) is 2.98. The van der Waals surface area contributed by atoms with Crippen LogP contribution in [0, 0.1) is 0 Å². The predicted octanol–water partition coefficient (Wildman–Crippen LogP) is 3.47. The molecule has 1 N–H and O–H groups in total. The Morgan fingerprint density at radius 3 is 2.50 bits per heavy atom. The quantitative estimate of drug-likeness (QED) is 0.854. The number of nitrogens with zero attached hydrogens (tertiary/aromatic N) is 1. The van der Waals surface area contributed by atoms with Crippen LogP contribution in [0.25, 0.3) is 0 Å². The number of aromatic nitrogens is 1. The summed E-state index contributed by atoms with van der Waals surface area (Å²) in [7, 11) is 0. The molecule has 126 valence electrons. The first-order chi connectivity index (χ1) is 11.5. The Morgan fingerprint density at radius 1 is 1.17 bits per heavy atom. The summed E-state index contributed by atoms with van der Waals surface area (Å²) in [6.45, 7) is 4.58. The molecule has 5 nitrogen and oxygen atoms in total. The molecule has 1 aromatic heterocycles. The first-order valence-electron chi connectivity index (χ1n) is 8.21. The summed E-state index contributed by atoms with van der Waals surface area (Å²) >= 11 is 0. The van der Waals surface area contributed by atoms with Crippen molar-refractivity contribution in [3.63, 3.8) is 0 Å². The van der Waals surface area contributed by atoms with Gasteiger partial charge < -0.3 is 14.4 Å². The molecule has 1 unspecified atom stereocenters. The van der Waals surface area contributed by atoms with Crippen LogP contribution in [0.4, 0.5) is 0 Å². The smallest absolute Gasteiger partial charge is 0.312 e. The number of aliphatic carboxylic acids is 1. The molecule has 0 saturated carbocycles. The number of rotatable bonds is 5. The van der Waals surface area contributed by atoms with Gasteiger partial charge in [0.25, 0.3) is 0 Å². The molecule has 1 aromatic carbocycles. The van der Waals surface area contributed by atoms with Gasteiger partial charge in [0.15, 0.2) is 0 Å². The van der Waals surface area contributed by atoms with Gasteiger partial charge >= 0.3 is 5.97 Å². The Kier molecular flexibility index (Phi) is 4.42. The van der Waals surface area contributed by atoms with E-state index < -0.39 is 11.9 Å². The van der Waals surface area contributed by atoms with Crippen molar-refractivity contribution >= 4 is 11.8 Å². The largest absolute Gasteiger partial charge is 0.491 e. The van der Waals surface area contributed by atoms with Crippen LogP contribution in [0.15, 0.2) is 36.4 Å². The molecule has 0 amide bonds. The van der Waals surface area contributed by atoms with Crippen molar-refractivity contribution in [1.82, 2.24) is 4.57 Å². The van der Waals surface area contributed by atoms with E-state index in [4.69, 9.17) is 4.74 Å². The summed E-state index contributed by atoms with van der Waals surface area (Å²) in [6.07, 6.45) is 1.46. The number of carboxylic acids is 1. The van der Waals surface area contributed by atoms with Gasteiger partial charge in [-0.05, 0) is 63.1 Å². The van der Waals surface area contributed by atoms with Gasteiger partial charge in [-0.2, -0.15) is 0 Å². The summed E-state index contributed by atoms with van der Waals surface area (Å²) in [5.74, 6) is -0.724. The van der Waals surface area contributed by atoms with Gasteiger partial charge in [0.1, 0.15) is 5.75 Å². The molecule has 1 aliphatic rings. The zero-order valence-electron chi connectivity index (χ0n) is 13.9. The molecule has 0 aliphatic carbocycles. The molecule has 2 aromatic rings. The summed E-state index contributed by atoms with van der Waals surface area (Å²) in [5.41, 5.74) is 1.84. The van der Waals surface area contributed by atoms with Gasteiger partial charge in [0.2, 0.25) is 5.78 Å². The molecular formula is C19H21NO4. The fourth-order valence-electron chi connectivity index (χ4n) is 3.19. The SMILES string of the molecule is CC(C)Oc1ccc(C(=O)c2ccc3n2CCCC3C(=O)O)cc1. The summed E-state index contributed by atoms with van der Waals surface area (Å²) in [4.78, 5) is 24.2. The highest BCUT2D eigenvalue weighted by atomic mass is 16.5. The number of ether oxygens (including phenoxy) is 1. The van der Waals surface area contributed by atoms with E-state index in [0.29, 0.717) is 24.2 Å². The van der Waals surface area contributed by atoms with Crippen molar-refractivity contribution in [2.24, 2.45) is 0 Å². The number of carboxylic acid groups (broad SMARTS) is 1. The molecule has 24 heavy (non-hydrogen) atoms. The molecular weight excluding hydrogens is 306 g/mol. The maximum absolute atomic E-state index is 12.8. The molecule has 0 bridgehead atoms. The summed E-state index contributed by atoms with van der Waals surface area (Å²) in [5, 5.41) is 9.34. The third kappa shape index (κ3) is 3.07. The number of hydrogen-bond acceptors (Lipinski definition) is 3. The van der Waals surface area contributed by atoms with Crippen LogP contribution in [0.3, 0.4) is 0 Å². The monoisotopic (exact) mass is 327 g/mol. The molecule has 2 heterocycles. The lowest BCUT2D eigenvalue weighted by Crippen LogP contribution is -2.23. The Labute approximate surface area is 140 Å². The van der Waals surface area contributed by atoms with E-state index in [2.05, 4.69) is 0 Å². The zero-order chi connectivity index (χ0) is 17.3. The minimum atomic E-state index is -0.830. The van der Waals surface area contributed by atoms with E-state index in [1.54, 1.807) is 36.4 Å². The van der Waals surface area contributed by atoms with Crippen LogP contribution in [0.2, 0.25) is 0 Å². The normalized spacial score (nSPS) is 16.7. The van der Waals surface area contributed by atoms with Gasteiger partial charge in [0, 0.05) is 17.8 Å². The Morgan fingerprint density at radius 2 is 1.88 bits per heavy atom. The second kappa shape index (κ2) is 6.51. The highest BCUT2D eigenvalue weighted by Crippen LogP contribution is 2.30. The maximum atomic E-state index is 12.8. The maximum Gasteiger partial charge on any atom is 0.312 e. The molecule has 5 heteroatoms. The van der Waals surface area contributed by atoms with Crippen molar-refractivity contribution in [2.75, 3.05) is 0 Å². The van der Waals surface area contributed by atoms with E-state index in [-0.39, 0.29) is 11.9 Å². The summed E-state index contributed by atoms with van der Waals surface area (Å²) < 4.78 is 7.44. The van der Waals surface area contributed by atoms with Crippen molar-refractivity contribution in [1.29, 1.82) is 0 Å². The number of carbonyl (C=O) groups is 2. The van der Waals surface area contributed by atoms with Crippen molar-refractivity contribution in [3.05, 3.63) is 53.3 Å². The van der Waals surface area contributed by atoms with Crippen molar-refractivity contribution in [3.8, 4) is 5.75 Å². The van der Waals surface area contributed by atoms with E-state index in [1.807, 2.05) is 18.4 Å². The van der Waals surface area contributed by atoms with E-state index in [9.17, 15) is 14.7 Å². The van der Waals surface area contributed by atoms with Gasteiger partial charge in [-0.25, -0.2) is 0 Å². The first-order valence-corrected chi connectivity index (χ1v) is 8.21. The Hall–Kier alpha value is -2.56. The van der Waals surface area contributed by atoms with Crippen molar-refractivity contribution < 1.29 is 19.4 Å². The highest BCUT2D eigenvalue weighted by Gasteiger charge is 2.29. The van der Waals surface area contributed by atoms with E-state index in [0.717, 1.165) is 17.9 Å². The average molecular weight is 327 g/mol.